The smallest absolute Gasteiger partial charge is 0.380 e. The molecule has 0 radical (unpaired) electrons. The lowest BCUT2D eigenvalue weighted by Crippen LogP contribution is -2.42. The van der Waals surface area contributed by atoms with Crippen LogP contribution in [0.15, 0.2) is 24.4 Å². The molecule has 1 rings (SSSR count). The molecule has 0 aliphatic rings. The van der Waals surface area contributed by atoms with E-state index in [4.69, 9.17) is 5.11 Å². The number of nitrogens with zero attached hydrogens (tertiary/aromatic N) is 1. The summed E-state index contributed by atoms with van der Waals surface area (Å²) in [6.45, 7) is 0. The van der Waals surface area contributed by atoms with Gasteiger partial charge in [0.2, 0.25) is 0 Å². The summed E-state index contributed by atoms with van der Waals surface area (Å²) >= 11 is 0. The molecule has 1 unspecified atom stereocenters. The number of aliphatic hydroxyl groups excluding tert-OH is 1. The van der Waals surface area contributed by atoms with Gasteiger partial charge in [-0.15, -0.1) is 0 Å². The number of hydrogen-bond acceptors (Lipinski definition) is 2. The van der Waals surface area contributed by atoms with Crippen molar-refractivity contribution in [1.82, 2.24) is 4.98 Å². The molecule has 1 N–H and O–H groups in total. The predicted molar refractivity (Wildman–Crippen MR) is 40.2 cm³/mol. The first-order valence-electron chi connectivity index (χ1n) is 3.80. The summed E-state index contributed by atoms with van der Waals surface area (Å²) in [5.41, 5.74) is -0.722. The van der Waals surface area contributed by atoms with Gasteiger partial charge in [-0.2, -0.15) is 22.0 Å². The summed E-state index contributed by atoms with van der Waals surface area (Å²) in [5, 5.41) is 8.85. The van der Waals surface area contributed by atoms with Crippen LogP contribution in [0.1, 0.15) is 11.8 Å². The summed E-state index contributed by atoms with van der Waals surface area (Å²) in [5.74, 6) is -5.21. The average Bonchev–Trinajstić information content (AvgIpc) is 2.16. The Bertz CT molecular complexity index is 324. The highest BCUT2D eigenvalue weighted by Gasteiger charge is 2.63. The molecule has 0 saturated heterocycles. The molecule has 1 atom stereocenters. The zero-order chi connectivity index (χ0) is 11.7. The van der Waals surface area contributed by atoms with E-state index in [-0.39, 0.29) is 0 Å². The van der Waals surface area contributed by atoms with Crippen LogP contribution in [0.4, 0.5) is 22.0 Å². The quantitative estimate of drug-likeness (QED) is 0.786. The van der Waals surface area contributed by atoms with Gasteiger partial charge < -0.3 is 5.11 Å². The lowest BCUT2D eigenvalue weighted by atomic mass is 10.1. The summed E-state index contributed by atoms with van der Waals surface area (Å²) in [6.07, 6.45) is -7.77. The lowest BCUT2D eigenvalue weighted by molar-refractivity contribution is -0.315. The van der Waals surface area contributed by atoms with Crippen molar-refractivity contribution in [3.05, 3.63) is 30.1 Å². The van der Waals surface area contributed by atoms with Crippen molar-refractivity contribution in [3.63, 3.8) is 0 Å². The second-order valence-corrected chi connectivity index (χ2v) is 2.78. The topological polar surface area (TPSA) is 33.1 Å². The van der Waals surface area contributed by atoms with Crippen LogP contribution < -0.4 is 0 Å². The molecular formula is C8H6F5NO. The van der Waals surface area contributed by atoms with Crippen LogP contribution in [0, 0.1) is 0 Å². The van der Waals surface area contributed by atoms with Crippen molar-refractivity contribution < 1.29 is 27.1 Å². The van der Waals surface area contributed by atoms with Gasteiger partial charge in [-0.3, -0.25) is 4.98 Å². The molecule has 0 saturated carbocycles. The third-order valence-electron chi connectivity index (χ3n) is 1.69. The Morgan fingerprint density at radius 3 is 2.13 bits per heavy atom. The van der Waals surface area contributed by atoms with Gasteiger partial charge in [0.15, 0.2) is 6.10 Å². The van der Waals surface area contributed by atoms with Gasteiger partial charge in [0.25, 0.3) is 0 Å². The highest BCUT2D eigenvalue weighted by Crippen LogP contribution is 2.43. The molecule has 7 heteroatoms. The van der Waals surface area contributed by atoms with Crippen LogP contribution in [-0.2, 0) is 0 Å². The molecule has 84 valence electrons. The number of pyridine rings is 1. The second-order valence-electron chi connectivity index (χ2n) is 2.78. The number of alkyl halides is 5. The first-order chi connectivity index (χ1) is 6.77. The van der Waals surface area contributed by atoms with E-state index in [1.807, 2.05) is 0 Å². The van der Waals surface area contributed by atoms with Crippen molar-refractivity contribution in [3.8, 4) is 0 Å². The van der Waals surface area contributed by atoms with Crippen molar-refractivity contribution in [2.75, 3.05) is 0 Å². The highest BCUT2D eigenvalue weighted by atomic mass is 19.4. The maximum atomic E-state index is 12.6. The number of hydrogen-bond donors (Lipinski definition) is 1. The van der Waals surface area contributed by atoms with Crippen LogP contribution in [-0.4, -0.2) is 22.2 Å². The Morgan fingerprint density at radius 1 is 1.13 bits per heavy atom. The van der Waals surface area contributed by atoms with Crippen molar-refractivity contribution in [2.24, 2.45) is 0 Å². The first kappa shape index (κ1) is 11.8. The van der Waals surface area contributed by atoms with E-state index in [1.165, 1.54) is 12.1 Å². The Morgan fingerprint density at radius 2 is 1.73 bits per heavy atom. The van der Waals surface area contributed by atoms with Gasteiger partial charge in [0.1, 0.15) is 0 Å². The molecule has 0 fully saturated rings. The van der Waals surface area contributed by atoms with Crippen molar-refractivity contribution >= 4 is 0 Å². The van der Waals surface area contributed by atoms with Gasteiger partial charge >= 0.3 is 12.1 Å². The van der Waals surface area contributed by atoms with E-state index >= 15 is 0 Å². The minimum atomic E-state index is -5.80. The van der Waals surface area contributed by atoms with Gasteiger partial charge in [0.05, 0.1) is 5.69 Å². The second kappa shape index (κ2) is 3.73. The minimum absolute atomic E-state index is 0.722. The minimum Gasteiger partial charge on any atom is -0.380 e. The van der Waals surface area contributed by atoms with E-state index < -0.39 is 23.9 Å². The SMILES string of the molecule is OC(c1ccccn1)C(F)(F)C(F)(F)F. The zero-order valence-corrected chi connectivity index (χ0v) is 7.17. The Kier molecular flexibility index (Phi) is 2.94. The molecule has 0 aromatic carbocycles. The molecule has 0 spiro atoms. The fourth-order valence-electron chi connectivity index (χ4n) is 0.878. The van der Waals surface area contributed by atoms with Gasteiger partial charge in [-0.1, -0.05) is 6.07 Å². The lowest BCUT2D eigenvalue weighted by Gasteiger charge is -2.24. The summed E-state index contributed by atoms with van der Waals surface area (Å²) in [7, 11) is 0. The predicted octanol–water partition coefficient (Wildman–Crippen LogP) is 2.31. The molecular weight excluding hydrogens is 221 g/mol. The molecule has 0 aliphatic carbocycles. The van der Waals surface area contributed by atoms with E-state index in [0.29, 0.717) is 0 Å². The van der Waals surface area contributed by atoms with Crippen LogP contribution in [0.25, 0.3) is 0 Å². The van der Waals surface area contributed by atoms with Crippen LogP contribution in [0.5, 0.6) is 0 Å². The highest BCUT2D eigenvalue weighted by molar-refractivity contribution is 5.10. The standard InChI is InChI=1S/C8H6F5NO/c9-7(10,8(11,12)13)6(15)5-3-1-2-4-14-5/h1-4,6,15H. The monoisotopic (exact) mass is 227 g/mol. The third-order valence-corrected chi connectivity index (χ3v) is 1.69. The van der Waals surface area contributed by atoms with Crippen molar-refractivity contribution in [1.29, 1.82) is 0 Å². The summed E-state index contributed by atoms with van der Waals surface area (Å²) < 4.78 is 60.7. The number of halogens is 5. The van der Waals surface area contributed by atoms with Crippen molar-refractivity contribution in [2.45, 2.75) is 18.2 Å². The van der Waals surface area contributed by atoms with E-state index in [0.717, 1.165) is 12.3 Å². The molecule has 1 aromatic rings. The average molecular weight is 227 g/mol. The normalized spacial score (nSPS) is 15.1. The van der Waals surface area contributed by atoms with Crippen LogP contribution in [0.2, 0.25) is 0 Å². The number of rotatable bonds is 2. The summed E-state index contributed by atoms with van der Waals surface area (Å²) in [6, 6.07) is 3.43. The Hall–Kier alpha value is -1.24. The largest absolute Gasteiger partial charge is 0.456 e. The molecule has 1 heterocycles. The maximum absolute atomic E-state index is 12.6. The molecule has 0 aliphatic heterocycles. The molecule has 1 aromatic heterocycles. The van der Waals surface area contributed by atoms with Crippen LogP contribution in [0.3, 0.4) is 0 Å². The number of aromatic nitrogens is 1. The molecule has 0 bridgehead atoms. The zero-order valence-electron chi connectivity index (χ0n) is 7.17. The van der Waals surface area contributed by atoms with E-state index in [1.54, 1.807) is 0 Å². The first-order valence-corrected chi connectivity index (χ1v) is 3.80. The Labute approximate surface area is 81.4 Å². The maximum Gasteiger partial charge on any atom is 0.456 e. The fraction of sp³-hybridized carbons (Fsp3) is 0.375. The third kappa shape index (κ3) is 2.23. The van der Waals surface area contributed by atoms with Gasteiger partial charge in [-0.25, -0.2) is 0 Å². The number of aliphatic hydroxyl groups is 1. The van der Waals surface area contributed by atoms with Crippen LogP contribution >= 0.6 is 0 Å². The molecule has 0 amide bonds. The molecule has 2 nitrogen and oxygen atoms in total. The fourth-order valence-corrected chi connectivity index (χ4v) is 0.878. The molecule has 15 heavy (non-hydrogen) atoms. The van der Waals surface area contributed by atoms with E-state index in [9.17, 15) is 22.0 Å². The van der Waals surface area contributed by atoms with Gasteiger partial charge in [-0.05, 0) is 12.1 Å². The Balaban J connectivity index is 3.00. The van der Waals surface area contributed by atoms with Gasteiger partial charge in [0, 0.05) is 6.20 Å². The summed E-state index contributed by atoms with van der Waals surface area (Å²) in [4.78, 5) is 3.23. The van der Waals surface area contributed by atoms with E-state index in [2.05, 4.69) is 4.98 Å².